The topological polar surface area (TPSA) is 58.3 Å². The van der Waals surface area contributed by atoms with Crippen LogP contribution in [0.5, 0.6) is 0 Å². The fraction of sp³-hybridized carbons (Fsp3) is 0.750. The normalized spacial score (nSPS) is 48.1. The van der Waals surface area contributed by atoms with E-state index >= 15 is 0 Å². The Kier molecular flexibility index (Phi) is 1.29. The van der Waals surface area contributed by atoms with Crippen LogP contribution < -0.4 is 11.1 Å². The average Bonchev–Trinajstić information content (AvgIpc) is 2.41. The first-order chi connectivity index (χ1) is 5.12. The summed E-state index contributed by atoms with van der Waals surface area (Å²) in [6.45, 7) is 3.51. The van der Waals surface area contributed by atoms with Gasteiger partial charge in [0.15, 0.2) is 0 Å². The second-order valence-electron chi connectivity index (χ2n) is 3.76. The molecule has 1 heterocycles. The maximum absolute atomic E-state index is 9.20. The van der Waals surface area contributed by atoms with Crippen molar-refractivity contribution in [3.63, 3.8) is 0 Å². The predicted molar refractivity (Wildman–Crippen MR) is 43.2 cm³/mol. The number of aliphatic hydroxyl groups excluding tert-OH is 1. The summed E-state index contributed by atoms with van der Waals surface area (Å²) < 4.78 is 0. The van der Waals surface area contributed by atoms with Gasteiger partial charge in [-0.05, 0) is 19.3 Å². The molecule has 1 saturated heterocycles. The Balaban J connectivity index is 2.21. The molecular weight excluding hydrogens is 140 g/mol. The van der Waals surface area contributed by atoms with Crippen molar-refractivity contribution in [1.29, 1.82) is 0 Å². The molecule has 2 fully saturated rings. The summed E-state index contributed by atoms with van der Waals surface area (Å²) in [4.78, 5) is 0. The lowest BCUT2D eigenvalue weighted by molar-refractivity contribution is 0.270. The summed E-state index contributed by atoms with van der Waals surface area (Å²) in [6.07, 6.45) is 3.13. The van der Waals surface area contributed by atoms with E-state index < -0.39 is 0 Å². The van der Waals surface area contributed by atoms with Crippen molar-refractivity contribution in [3.05, 3.63) is 12.3 Å². The monoisotopic (exact) mass is 154 g/mol. The Morgan fingerprint density at radius 1 is 1.73 bits per heavy atom. The molecule has 0 radical (unpaired) electrons. The van der Waals surface area contributed by atoms with Crippen molar-refractivity contribution in [1.82, 2.24) is 5.32 Å². The summed E-state index contributed by atoms with van der Waals surface area (Å²) in [6, 6.07) is 0.440. The van der Waals surface area contributed by atoms with Crippen molar-refractivity contribution < 1.29 is 5.11 Å². The molecule has 3 heteroatoms. The van der Waals surface area contributed by atoms with E-state index in [2.05, 4.69) is 11.9 Å². The Hall–Kier alpha value is -0.540. The van der Waals surface area contributed by atoms with E-state index in [1.807, 2.05) is 0 Å². The highest BCUT2D eigenvalue weighted by atomic mass is 16.3. The summed E-state index contributed by atoms with van der Waals surface area (Å²) in [7, 11) is 0. The largest absolute Gasteiger partial charge is 0.511 e. The van der Waals surface area contributed by atoms with Crippen LogP contribution >= 0.6 is 0 Å². The first kappa shape index (κ1) is 7.13. The second kappa shape index (κ2) is 1.99. The predicted octanol–water partition coefficient (Wildman–Crippen LogP) is 0.280. The molecule has 62 valence electrons. The van der Waals surface area contributed by atoms with Crippen LogP contribution in [-0.4, -0.2) is 22.7 Å². The Labute approximate surface area is 66.3 Å². The van der Waals surface area contributed by atoms with Crippen molar-refractivity contribution in [3.8, 4) is 0 Å². The molecule has 0 spiro atoms. The van der Waals surface area contributed by atoms with Crippen molar-refractivity contribution in [2.24, 2.45) is 5.73 Å². The number of hydrogen-bond donors (Lipinski definition) is 3. The quantitative estimate of drug-likeness (QED) is 0.475. The van der Waals surface area contributed by atoms with Gasteiger partial charge in [0.2, 0.25) is 0 Å². The molecule has 1 aliphatic heterocycles. The van der Waals surface area contributed by atoms with Crippen molar-refractivity contribution in [2.75, 3.05) is 0 Å². The van der Waals surface area contributed by atoms with Gasteiger partial charge in [-0.2, -0.15) is 0 Å². The third-order valence-corrected chi connectivity index (χ3v) is 2.90. The SMILES string of the molecule is C=C(O)[C@H]1N[C@@H]2CC[C@@]1(N)C2. The fourth-order valence-corrected chi connectivity index (χ4v) is 2.34. The number of rotatable bonds is 1. The van der Waals surface area contributed by atoms with Crippen LogP contribution in [0.3, 0.4) is 0 Å². The molecule has 3 atom stereocenters. The van der Waals surface area contributed by atoms with Crippen LogP contribution in [0.4, 0.5) is 0 Å². The number of piperidine rings is 1. The number of nitrogens with one attached hydrogen (secondary N) is 1. The van der Waals surface area contributed by atoms with Gasteiger partial charge in [0.25, 0.3) is 0 Å². The number of fused-ring (bicyclic) bond motifs is 2. The molecule has 1 saturated carbocycles. The van der Waals surface area contributed by atoms with Gasteiger partial charge in [-0.1, -0.05) is 6.58 Å². The zero-order chi connectivity index (χ0) is 8.06. The smallest absolute Gasteiger partial charge is 0.104 e. The summed E-state index contributed by atoms with van der Waals surface area (Å²) in [5.41, 5.74) is 5.85. The molecule has 11 heavy (non-hydrogen) atoms. The maximum atomic E-state index is 9.20. The van der Waals surface area contributed by atoms with Gasteiger partial charge in [-0.3, -0.25) is 0 Å². The standard InChI is InChI=1S/C8H14N2O/c1-5(11)7-8(9)3-2-6(4-8)10-7/h6-7,10-11H,1-4,9H2/t6-,7-,8-/m1/s1. The highest BCUT2D eigenvalue weighted by Crippen LogP contribution is 2.38. The second-order valence-corrected chi connectivity index (χ2v) is 3.76. The van der Waals surface area contributed by atoms with Crippen LogP contribution in [0.1, 0.15) is 19.3 Å². The van der Waals surface area contributed by atoms with Gasteiger partial charge >= 0.3 is 0 Å². The minimum absolute atomic E-state index is 0.0683. The van der Waals surface area contributed by atoms with E-state index in [0.717, 1.165) is 19.3 Å². The maximum Gasteiger partial charge on any atom is 0.104 e. The van der Waals surface area contributed by atoms with E-state index in [4.69, 9.17) is 5.73 Å². The molecule has 3 nitrogen and oxygen atoms in total. The molecule has 2 aliphatic rings. The Bertz CT molecular complexity index is 204. The zero-order valence-electron chi connectivity index (χ0n) is 6.51. The summed E-state index contributed by atoms with van der Waals surface area (Å²) >= 11 is 0. The van der Waals surface area contributed by atoms with E-state index in [9.17, 15) is 5.11 Å². The Morgan fingerprint density at radius 3 is 2.73 bits per heavy atom. The van der Waals surface area contributed by atoms with Crippen LogP contribution in [0.25, 0.3) is 0 Å². The lowest BCUT2D eigenvalue weighted by Crippen LogP contribution is -2.52. The van der Waals surface area contributed by atoms with Gasteiger partial charge in [0, 0.05) is 11.6 Å². The van der Waals surface area contributed by atoms with Crippen molar-refractivity contribution >= 4 is 0 Å². The number of aliphatic hydroxyl groups is 1. The molecule has 4 N–H and O–H groups in total. The lowest BCUT2D eigenvalue weighted by atomic mass is 9.90. The molecular formula is C8H14N2O. The van der Waals surface area contributed by atoms with Gasteiger partial charge < -0.3 is 16.2 Å². The van der Waals surface area contributed by atoms with Gasteiger partial charge in [-0.15, -0.1) is 0 Å². The molecule has 1 aliphatic carbocycles. The molecule has 0 amide bonds. The van der Waals surface area contributed by atoms with E-state index in [1.165, 1.54) is 0 Å². The third kappa shape index (κ3) is 0.880. The molecule has 2 bridgehead atoms. The van der Waals surface area contributed by atoms with Crippen molar-refractivity contribution in [2.45, 2.75) is 36.9 Å². The van der Waals surface area contributed by atoms with Crippen LogP contribution in [0.15, 0.2) is 12.3 Å². The summed E-state index contributed by atoms with van der Waals surface area (Å²) in [5.74, 6) is 0.190. The molecule has 0 aromatic carbocycles. The van der Waals surface area contributed by atoms with Gasteiger partial charge in [-0.25, -0.2) is 0 Å². The van der Waals surface area contributed by atoms with E-state index in [0.29, 0.717) is 6.04 Å². The van der Waals surface area contributed by atoms with Crippen LogP contribution in [0.2, 0.25) is 0 Å². The molecule has 0 aromatic heterocycles. The van der Waals surface area contributed by atoms with Crippen LogP contribution in [-0.2, 0) is 0 Å². The molecule has 0 aromatic rings. The number of hydrogen-bond acceptors (Lipinski definition) is 3. The lowest BCUT2D eigenvalue weighted by Gasteiger charge is -2.30. The first-order valence-electron chi connectivity index (χ1n) is 4.04. The minimum atomic E-state index is -0.212. The third-order valence-electron chi connectivity index (χ3n) is 2.90. The van der Waals surface area contributed by atoms with Gasteiger partial charge in [0.1, 0.15) is 5.76 Å². The average molecular weight is 154 g/mol. The zero-order valence-corrected chi connectivity index (χ0v) is 6.51. The first-order valence-corrected chi connectivity index (χ1v) is 4.04. The Morgan fingerprint density at radius 2 is 2.45 bits per heavy atom. The van der Waals surface area contributed by atoms with E-state index in [1.54, 1.807) is 0 Å². The fourth-order valence-electron chi connectivity index (χ4n) is 2.34. The van der Waals surface area contributed by atoms with Gasteiger partial charge in [0.05, 0.1) is 6.04 Å². The highest BCUT2D eigenvalue weighted by molar-refractivity contribution is 5.19. The van der Waals surface area contributed by atoms with E-state index in [-0.39, 0.29) is 17.3 Å². The minimum Gasteiger partial charge on any atom is -0.511 e. The van der Waals surface area contributed by atoms with Crippen LogP contribution in [0, 0.1) is 0 Å². The molecule has 0 unspecified atom stereocenters. The molecule has 2 rings (SSSR count). The highest BCUT2D eigenvalue weighted by Gasteiger charge is 2.50. The number of nitrogens with two attached hydrogens (primary N) is 1. The summed E-state index contributed by atoms with van der Waals surface area (Å²) in [5, 5.41) is 12.5.